The Morgan fingerprint density at radius 1 is 1.03 bits per heavy atom. The van der Waals surface area contributed by atoms with Crippen LogP contribution in [0.3, 0.4) is 0 Å². The number of nitrogen functional groups attached to an aromatic ring is 1. The van der Waals surface area contributed by atoms with E-state index >= 15 is 0 Å². The Kier molecular flexibility index (Phi) is 6.16. The van der Waals surface area contributed by atoms with Crippen molar-refractivity contribution in [3.8, 4) is 0 Å². The highest BCUT2D eigenvalue weighted by Crippen LogP contribution is 2.54. The third-order valence-corrected chi connectivity index (χ3v) is 7.14. The van der Waals surface area contributed by atoms with Crippen LogP contribution in [0.2, 0.25) is 0 Å². The lowest BCUT2D eigenvalue weighted by molar-refractivity contribution is -0.159. The average molecular weight is 478 g/mol. The van der Waals surface area contributed by atoms with Crippen LogP contribution in [-0.2, 0) is 31.1 Å². The number of amidine groups is 1. The van der Waals surface area contributed by atoms with Crippen LogP contribution in [0.1, 0.15) is 23.1 Å². The third-order valence-electron chi connectivity index (χ3n) is 7.14. The minimum absolute atomic E-state index is 0.0507. The molecule has 182 valence electrons. The van der Waals surface area contributed by atoms with Gasteiger partial charge in [-0.2, -0.15) is 0 Å². The molecule has 6 N–H and O–H groups in total. The van der Waals surface area contributed by atoms with E-state index in [-0.39, 0.29) is 24.4 Å². The number of carbonyl (C=O) groups is 4. The molecular formula is C25H27N5O5. The molecule has 0 aliphatic carbocycles. The monoisotopic (exact) mass is 477 g/mol. The zero-order chi connectivity index (χ0) is 25.5. The van der Waals surface area contributed by atoms with Crippen molar-refractivity contribution in [2.45, 2.75) is 24.4 Å². The van der Waals surface area contributed by atoms with Crippen LogP contribution in [0.25, 0.3) is 0 Å². The van der Waals surface area contributed by atoms with Crippen molar-refractivity contribution in [2.75, 3.05) is 13.6 Å². The van der Waals surface area contributed by atoms with E-state index in [4.69, 9.17) is 16.9 Å². The quantitative estimate of drug-likeness (QED) is 0.240. The number of imide groups is 1. The van der Waals surface area contributed by atoms with Gasteiger partial charge in [-0.3, -0.25) is 29.6 Å². The molecule has 2 heterocycles. The molecule has 4 rings (SSSR count). The molecule has 2 aliphatic heterocycles. The lowest BCUT2D eigenvalue weighted by Gasteiger charge is -2.41. The molecule has 0 bridgehead atoms. The molecule has 4 atom stereocenters. The maximum Gasteiger partial charge on any atom is 0.329 e. The van der Waals surface area contributed by atoms with Gasteiger partial charge in [0.25, 0.3) is 0 Å². The molecule has 4 unspecified atom stereocenters. The summed E-state index contributed by atoms with van der Waals surface area (Å²) >= 11 is 0. The predicted molar refractivity (Wildman–Crippen MR) is 126 cm³/mol. The second-order valence-corrected chi connectivity index (χ2v) is 8.97. The number of hydrogen-bond donors (Lipinski definition) is 4. The van der Waals surface area contributed by atoms with E-state index in [1.54, 1.807) is 4.90 Å². The standard InChI is InChI=1S/C25H27N5O5/c1-29-22(32)19-17(13-14-5-3-2-4-6-14)30(12-11-18(26)31)25(24(34)35,20(19)23(29)33)16-9-7-15(8-10-16)21(27)28/h2-10,17,19-20H,11-13H2,1H3,(H2,26,31)(H3,27,28)(H,34,35). The summed E-state index contributed by atoms with van der Waals surface area (Å²) in [4.78, 5) is 54.3. The number of carbonyl (C=O) groups excluding carboxylic acids is 3. The molecule has 35 heavy (non-hydrogen) atoms. The minimum atomic E-state index is -1.92. The number of likely N-dealkylation sites (tertiary alicyclic amines) is 2. The van der Waals surface area contributed by atoms with E-state index < -0.39 is 47.1 Å². The third kappa shape index (κ3) is 3.75. The Labute approximate surface area is 202 Å². The Hall–Kier alpha value is -4.05. The smallest absolute Gasteiger partial charge is 0.329 e. The normalized spacial score (nSPS) is 26.1. The molecule has 2 saturated heterocycles. The number of amides is 3. The molecule has 10 nitrogen and oxygen atoms in total. The Balaban J connectivity index is 1.95. The summed E-state index contributed by atoms with van der Waals surface area (Å²) in [6, 6.07) is 14.7. The van der Waals surface area contributed by atoms with Crippen LogP contribution in [0.5, 0.6) is 0 Å². The van der Waals surface area contributed by atoms with Crippen LogP contribution in [0.4, 0.5) is 0 Å². The van der Waals surface area contributed by atoms with Gasteiger partial charge in [0.1, 0.15) is 5.84 Å². The van der Waals surface area contributed by atoms with E-state index in [1.165, 1.54) is 31.3 Å². The number of nitrogens with one attached hydrogen (secondary N) is 1. The van der Waals surface area contributed by atoms with E-state index in [0.29, 0.717) is 12.0 Å². The minimum Gasteiger partial charge on any atom is -0.480 e. The summed E-state index contributed by atoms with van der Waals surface area (Å²) in [5.41, 5.74) is 10.6. The maximum atomic E-state index is 13.4. The molecule has 0 spiro atoms. The molecule has 2 aromatic rings. The van der Waals surface area contributed by atoms with Crippen LogP contribution in [0.15, 0.2) is 54.6 Å². The van der Waals surface area contributed by atoms with Crippen molar-refractivity contribution in [3.05, 3.63) is 71.3 Å². The first-order chi connectivity index (χ1) is 16.6. The number of nitrogens with two attached hydrogens (primary N) is 2. The molecule has 2 aliphatic rings. The molecule has 0 saturated carbocycles. The highest BCUT2D eigenvalue weighted by atomic mass is 16.4. The highest BCUT2D eigenvalue weighted by molar-refractivity contribution is 6.09. The SMILES string of the molecule is CN1C(=O)C2C(Cc3ccccc3)N(CCC(N)=O)C(C(=O)O)(c3ccc(C(=N)N)cc3)C2C1=O. The summed E-state index contributed by atoms with van der Waals surface area (Å²) in [7, 11) is 1.36. The lowest BCUT2D eigenvalue weighted by Crippen LogP contribution is -2.57. The highest BCUT2D eigenvalue weighted by Gasteiger charge is 2.71. The van der Waals surface area contributed by atoms with Crippen molar-refractivity contribution in [1.29, 1.82) is 5.41 Å². The van der Waals surface area contributed by atoms with Crippen molar-refractivity contribution >= 4 is 29.5 Å². The zero-order valence-corrected chi connectivity index (χ0v) is 19.2. The summed E-state index contributed by atoms with van der Waals surface area (Å²) in [5.74, 6) is -5.29. The van der Waals surface area contributed by atoms with Gasteiger partial charge in [0.2, 0.25) is 17.7 Å². The maximum absolute atomic E-state index is 13.4. The van der Waals surface area contributed by atoms with Crippen molar-refractivity contribution < 1.29 is 24.3 Å². The number of fused-ring (bicyclic) bond motifs is 1. The Morgan fingerprint density at radius 3 is 2.20 bits per heavy atom. The van der Waals surface area contributed by atoms with Crippen molar-refractivity contribution in [2.24, 2.45) is 23.3 Å². The summed E-state index contributed by atoms with van der Waals surface area (Å²) in [5, 5.41) is 18.4. The van der Waals surface area contributed by atoms with E-state index in [9.17, 15) is 24.3 Å². The van der Waals surface area contributed by atoms with Gasteiger partial charge in [0, 0.05) is 31.6 Å². The van der Waals surface area contributed by atoms with Crippen LogP contribution < -0.4 is 11.5 Å². The van der Waals surface area contributed by atoms with E-state index in [0.717, 1.165) is 10.5 Å². The van der Waals surface area contributed by atoms with Gasteiger partial charge in [-0.25, -0.2) is 4.79 Å². The fraction of sp³-hybridized carbons (Fsp3) is 0.320. The number of carboxylic acid groups (broad SMARTS) is 1. The Bertz CT molecular complexity index is 1200. The van der Waals surface area contributed by atoms with Crippen LogP contribution >= 0.6 is 0 Å². The van der Waals surface area contributed by atoms with Gasteiger partial charge < -0.3 is 16.6 Å². The first-order valence-electron chi connectivity index (χ1n) is 11.2. The fourth-order valence-corrected chi connectivity index (χ4v) is 5.59. The number of primary amides is 1. The number of benzene rings is 2. The van der Waals surface area contributed by atoms with Gasteiger partial charge in [-0.1, -0.05) is 54.6 Å². The average Bonchev–Trinajstić information content (AvgIpc) is 3.24. The molecule has 10 heteroatoms. The summed E-state index contributed by atoms with van der Waals surface area (Å²) < 4.78 is 0. The number of carboxylic acids is 1. The molecule has 0 radical (unpaired) electrons. The second kappa shape index (κ2) is 8.95. The number of nitrogens with zero attached hydrogens (tertiary/aromatic N) is 2. The molecule has 0 aromatic heterocycles. The largest absolute Gasteiger partial charge is 0.480 e. The first kappa shape index (κ1) is 24.1. The molecule has 3 amide bonds. The van der Waals surface area contributed by atoms with Gasteiger partial charge in [0.15, 0.2) is 5.54 Å². The van der Waals surface area contributed by atoms with Gasteiger partial charge >= 0.3 is 5.97 Å². The van der Waals surface area contributed by atoms with E-state index in [1.807, 2.05) is 30.3 Å². The van der Waals surface area contributed by atoms with Gasteiger partial charge in [-0.15, -0.1) is 0 Å². The second-order valence-electron chi connectivity index (χ2n) is 8.97. The molecule has 2 fully saturated rings. The number of hydrogen-bond acceptors (Lipinski definition) is 6. The predicted octanol–water partition coefficient (Wildman–Crippen LogP) is 0.284. The first-order valence-corrected chi connectivity index (χ1v) is 11.2. The number of rotatable bonds is 8. The molecule has 2 aromatic carbocycles. The van der Waals surface area contributed by atoms with Crippen LogP contribution in [0, 0.1) is 17.2 Å². The van der Waals surface area contributed by atoms with Gasteiger partial charge in [-0.05, 0) is 17.5 Å². The summed E-state index contributed by atoms with van der Waals surface area (Å²) in [6.45, 7) is -0.0507. The lowest BCUT2D eigenvalue weighted by atomic mass is 9.75. The topological polar surface area (TPSA) is 171 Å². The molecular weight excluding hydrogens is 450 g/mol. The van der Waals surface area contributed by atoms with Crippen molar-refractivity contribution in [3.63, 3.8) is 0 Å². The fourth-order valence-electron chi connectivity index (χ4n) is 5.59. The van der Waals surface area contributed by atoms with Gasteiger partial charge in [0.05, 0.1) is 11.8 Å². The van der Waals surface area contributed by atoms with Crippen LogP contribution in [-0.4, -0.2) is 64.1 Å². The van der Waals surface area contributed by atoms with Crippen molar-refractivity contribution in [1.82, 2.24) is 9.80 Å². The number of aliphatic carboxylic acids is 1. The summed E-state index contributed by atoms with van der Waals surface area (Å²) in [6.07, 6.45) is 0.150. The zero-order valence-electron chi connectivity index (χ0n) is 19.2. The Morgan fingerprint density at radius 2 is 1.66 bits per heavy atom. The van der Waals surface area contributed by atoms with E-state index in [2.05, 4.69) is 0 Å².